The van der Waals surface area contributed by atoms with Crippen LogP contribution in [-0.4, -0.2) is 29.9 Å². The van der Waals surface area contributed by atoms with Gasteiger partial charge in [0.2, 0.25) is 0 Å². The number of carbonyl (C=O) groups excluding carboxylic acids is 1. The van der Waals surface area contributed by atoms with Crippen LogP contribution in [0.25, 0.3) is 0 Å². The highest BCUT2D eigenvalue weighted by atomic mass is 16.5. The summed E-state index contributed by atoms with van der Waals surface area (Å²) in [6.45, 7) is 4.00. The zero-order valence-electron chi connectivity index (χ0n) is 15.2. The lowest BCUT2D eigenvalue weighted by molar-refractivity contribution is 0.102. The fraction of sp³-hybridized carbons (Fsp3) is 0.263. The number of hydrogen-bond acceptors (Lipinski definition) is 5. The predicted octanol–water partition coefficient (Wildman–Crippen LogP) is 3.41. The molecule has 136 valence electrons. The molecule has 0 saturated carbocycles. The molecule has 26 heavy (non-hydrogen) atoms. The Balaban J connectivity index is 1.84. The summed E-state index contributed by atoms with van der Waals surface area (Å²) < 4.78 is 17.9. The number of carbonyl (C=O) groups is 1. The number of methoxy groups -OCH3 is 2. The third kappa shape index (κ3) is 3.42. The van der Waals surface area contributed by atoms with E-state index in [2.05, 4.69) is 10.4 Å². The van der Waals surface area contributed by atoms with Gasteiger partial charge in [0.1, 0.15) is 17.3 Å². The topological polar surface area (TPSA) is 78.5 Å². The monoisotopic (exact) mass is 355 g/mol. The van der Waals surface area contributed by atoms with Gasteiger partial charge >= 0.3 is 0 Å². The standard InChI is InChI=1S/C19H21N3O4/c1-12-10-15(13(2)26-12)19(23)21-17-8-9-20-22(17)11-14-6-5-7-16(24-3)18(14)25-4/h5-10H,11H2,1-4H3,(H,21,23). The molecule has 1 N–H and O–H groups in total. The fourth-order valence-electron chi connectivity index (χ4n) is 2.84. The van der Waals surface area contributed by atoms with Crippen molar-refractivity contribution < 1.29 is 18.7 Å². The molecule has 7 heteroatoms. The van der Waals surface area contributed by atoms with Crippen LogP contribution in [0.5, 0.6) is 11.5 Å². The van der Waals surface area contributed by atoms with Gasteiger partial charge in [0.05, 0.1) is 32.5 Å². The Bertz CT molecular complexity index is 927. The van der Waals surface area contributed by atoms with Crippen LogP contribution in [0.3, 0.4) is 0 Å². The largest absolute Gasteiger partial charge is 0.493 e. The van der Waals surface area contributed by atoms with E-state index in [0.29, 0.717) is 40.9 Å². The molecule has 0 radical (unpaired) electrons. The molecule has 0 aliphatic rings. The zero-order valence-corrected chi connectivity index (χ0v) is 15.2. The van der Waals surface area contributed by atoms with Crippen molar-refractivity contribution in [2.75, 3.05) is 19.5 Å². The predicted molar refractivity (Wildman–Crippen MR) is 97.0 cm³/mol. The minimum absolute atomic E-state index is 0.237. The van der Waals surface area contributed by atoms with Crippen LogP contribution in [0.4, 0.5) is 5.82 Å². The van der Waals surface area contributed by atoms with E-state index < -0.39 is 0 Å². The molecular formula is C19H21N3O4. The summed E-state index contributed by atoms with van der Waals surface area (Å²) in [5, 5.41) is 7.18. The maximum atomic E-state index is 12.5. The summed E-state index contributed by atoms with van der Waals surface area (Å²) >= 11 is 0. The molecule has 2 heterocycles. The molecule has 0 saturated heterocycles. The molecule has 3 aromatic rings. The molecule has 0 spiro atoms. The first kappa shape index (κ1) is 17.6. The molecule has 7 nitrogen and oxygen atoms in total. The Morgan fingerprint density at radius 2 is 2.04 bits per heavy atom. The lowest BCUT2D eigenvalue weighted by atomic mass is 10.2. The second-order valence-electron chi connectivity index (χ2n) is 5.81. The van der Waals surface area contributed by atoms with Gasteiger partial charge in [-0.25, -0.2) is 4.68 Å². The summed E-state index contributed by atoms with van der Waals surface area (Å²) in [5.41, 5.74) is 1.40. The average Bonchev–Trinajstić information content (AvgIpc) is 3.20. The number of aromatic nitrogens is 2. The highest BCUT2D eigenvalue weighted by molar-refractivity contribution is 6.04. The molecule has 0 atom stereocenters. The normalized spacial score (nSPS) is 10.6. The number of nitrogens with zero attached hydrogens (tertiary/aromatic N) is 2. The van der Waals surface area contributed by atoms with Crippen LogP contribution in [0, 0.1) is 13.8 Å². The number of aryl methyl sites for hydroxylation is 2. The van der Waals surface area contributed by atoms with Crippen molar-refractivity contribution in [3.63, 3.8) is 0 Å². The molecule has 0 fully saturated rings. The zero-order chi connectivity index (χ0) is 18.7. The molecule has 1 amide bonds. The van der Waals surface area contributed by atoms with Crippen molar-refractivity contribution in [3.05, 3.63) is 59.2 Å². The quantitative estimate of drug-likeness (QED) is 0.733. The first-order valence-electron chi connectivity index (χ1n) is 8.13. The summed E-state index contributed by atoms with van der Waals surface area (Å²) in [4.78, 5) is 12.5. The van der Waals surface area contributed by atoms with E-state index >= 15 is 0 Å². The van der Waals surface area contributed by atoms with E-state index in [9.17, 15) is 4.79 Å². The highest BCUT2D eigenvalue weighted by Gasteiger charge is 2.17. The Labute approximate surface area is 151 Å². The molecule has 1 aromatic carbocycles. The van der Waals surface area contributed by atoms with E-state index in [1.165, 1.54) is 0 Å². The van der Waals surface area contributed by atoms with Crippen LogP contribution in [0.15, 0.2) is 40.9 Å². The molecule has 0 aliphatic heterocycles. The minimum Gasteiger partial charge on any atom is -0.493 e. The summed E-state index contributed by atoms with van der Waals surface area (Å²) in [5.74, 6) is 2.91. The van der Waals surface area contributed by atoms with Crippen LogP contribution in [0.1, 0.15) is 27.4 Å². The van der Waals surface area contributed by atoms with Crippen molar-refractivity contribution >= 4 is 11.7 Å². The van der Waals surface area contributed by atoms with Crippen molar-refractivity contribution in [1.29, 1.82) is 0 Å². The van der Waals surface area contributed by atoms with Gasteiger partial charge in [-0.3, -0.25) is 4.79 Å². The number of nitrogens with one attached hydrogen (secondary N) is 1. The SMILES string of the molecule is COc1cccc(Cn2nccc2NC(=O)c2cc(C)oc2C)c1OC. The van der Waals surface area contributed by atoms with Gasteiger partial charge in [0.15, 0.2) is 11.5 Å². The Kier molecular flexibility index (Phi) is 4.97. The summed E-state index contributed by atoms with van der Waals surface area (Å²) in [6.07, 6.45) is 1.63. The van der Waals surface area contributed by atoms with Gasteiger partial charge in [-0.2, -0.15) is 5.10 Å². The molecule has 0 unspecified atom stereocenters. The van der Waals surface area contributed by atoms with Gasteiger partial charge in [0.25, 0.3) is 5.91 Å². The maximum absolute atomic E-state index is 12.5. The molecule has 0 aliphatic carbocycles. The van der Waals surface area contributed by atoms with E-state index in [-0.39, 0.29) is 5.91 Å². The Morgan fingerprint density at radius 1 is 1.23 bits per heavy atom. The number of furan rings is 1. The smallest absolute Gasteiger partial charge is 0.260 e. The molecular weight excluding hydrogens is 334 g/mol. The summed E-state index contributed by atoms with van der Waals surface area (Å²) in [7, 11) is 3.19. The minimum atomic E-state index is -0.237. The van der Waals surface area contributed by atoms with Gasteiger partial charge in [-0.1, -0.05) is 12.1 Å². The Morgan fingerprint density at radius 3 is 2.69 bits per heavy atom. The molecule has 0 bridgehead atoms. The number of para-hydroxylation sites is 1. The van der Waals surface area contributed by atoms with Crippen molar-refractivity contribution in [3.8, 4) is 11.5 Å². The second kappa shape index (κ2) is 7.35. The van der Waals surface area contributed by atoms with E-state index in [1.54, 1.807) is 44.2 Å². The number of benzene rings is 1. The van der Waals surface area contributed by atoms with Crippen molar-refractivity contribution in [2.45, 2.75) is 20.4 Å². The van der Waals surface area contributed by atoms with Crippen molar-refractivity contribution in [1.82, 2.24) is 9.78 Å². The average molecular weight is 355 g/mol. The second-order valence-corrected chi connectivity index (χ2v) is 5.81. The Hall–Kier alpha value is -3.22. The lowest BCUT2D eigenvalue weighted by Gasteiger charge is -2.14. The number of hydrogen-bond donors (Lipinski definition) is 1. The van der Waals surface area contributed by atoms with Crippen LogP contribution in [0.2, 0.25) is 0 Å². The number of rotatable bonds is 6. The van der Waals surface area contributed by atoms with E-state index in [0.717, 1.165) is 5.56 Å². The van der Waals surface area contributed by atoms with Gasteiger partial charge in [-0.15, -0.1) is 0 Å². The molecule has 2 aromatic heterocycles. The fourth-order valence-corrected chi connectivity index (χ4v) is 2.84. The van der Waals surface area contributed by atoms with Gasteiger partial charge < -0.3 is 19.2 Å². The molecule has 3 rings (SSSR count). The van der Waals surface area contributed by atoms with Crippen molar-refractivity contribution in [2.24, 2.45) is 0 Å². The summed E-state index contributed by atoms with van der Waals surface area (Å²) in [6, 6.07) is 9.11. The van der Waals surface area contributed by atoms with Gasteiger partial charge in [-0.05, 0) is 26.0 Å². The van der Waals surface area contributed by atoms with Crippen LogP contribution in [-0.2, 0) is 6.54 Å². The highest BCUT2D eigenvalue weighted by Crippen LogP contribution is 2.31. The number of anilines is 1. The number of amides is 1. The number of ether oxygens (including phenoxy) is 2. The first-order chi connectivity index (χ1) is 12.5. The lowest BCUT2D eigenvalue weighted by Crippen LogP contribution is -2.16. The van der Waals surface area contributed by atoms with Crippen LogP contribution >= 0.6 is 0 Å². The van der Waals surface area contributed by atoms with Gasteiger partial charge in [0, 0.05) is 11.6 Å². The third-order valence-electron chi connectivity index (χ3n) is 4.05. The first-order valence-corrected chi connectivity index (χ1v) is 8.13. The maximum Gasteiger partial charge on any atom is 0.260 e. The van der Waals surface area contributed by atoms with E-state index in [4.69, 9.17) is 13.9 Å². The third-order valence-corrected chi connectivity index (χ3v) is 4.05. The van der Waals surface area contributed by atoms with E-state index in [1.807, 2.05) is 25.1 Å². The van der Waals surface area contributed by atoms with Crippen LogP contribution < -0.4 is 14.8 Å².